The average Bonchev–Trinajstić information content (AvgIpc) is 2.72. The molecule has 1 heterocycles. The van der Waals surface area contributed by atoms with Crippen molar-refractivity contribution in [3.8, 4) is 5.75 Å². The Labute approximate surface area is 116 Å². The minimum atomic E-state index is 0.242. The molecule has 0 amide bonds. The van der Waals surface area contributed by atoms with Gasteiger partial charge >= 0.3 is 0 Å². The molecule has 1 aromatic rings. The number of benzene rings is 1. The summed E-state index contributed by atoms with van der Waals surface area (Å²) in [7, 11) is 0. The lowest BCUT2D eigenvalue weighted by Gasteiger charge is -2.38. The normalized spacial score (nSPS) is 20.4. The van der Waals surface area contributed by atoms with Gasteiger partial charge in [0.25, 0.3) is 0 Å². The minimum absolute atomic E-state index is 0.242. The van der Waals surface area contributed by atoms with Gasteiger partial charge in [-0.05, 0) is 57.9 Å². The van der Waals surface area contributed by atoms with Gasteiger partial charge in [-0.1, -0.05) is 12.1 Å². The van der Waals surface area contributed by atoms with Crippen molar-refractivity contribution in [2.75, 3.05) is 19.7 Å². The molecule has 0 aliphatic carbocycles. The molecule has 0 radical (unpaired) electrons. The molecule has 0 spiro atoms. The van der Waals surface area contributed by atoms with Gasteiger partial charge in [-0.3, -0.25) is 4.90 Å². The van der Waals surface area contributed by atoms with Gasteiger partial charge in [0.1, 0.15) is 5.75 Å². The largest absolute Gasteiger partial charge is 0.494 e. The summed E-state index contributed by atoms with van der Waals surface area (Å²) < 4.78 is 5.60. The summed E-state index contributed by atoms with van der Waals surface area (Å²) in [5.41, 5.74) is 7.56. The van der Waals surface area contributed by atoms with Crippen LogP contribution < -0.4 is 10.5 Å². The Bertz CT molecular complexity index is 417. The van der Waals surface area contributed by atoms with E-state index in [2.05, 4.69) is 36.9 Å². The first-order chi connectivity index (χ1) is 9.08. The first kappa shape index (κ1) is 14.4. The zero-order valence-corrected chi connectivity index (χ0v) is 12.4. The second-order valence-electron chi connectivity index (χ2n) is 5.87. The van der Waals surface area contributed by atoms with Crippen molar-refractivity contribution in [2.45, 2.75) is 45.2 Å². The van der Waals surface area contributed by atoms with Crippen molar-refractivity contribution in [1.82, 2.24) is 4.90 Å². The van der Waals surface area contributed by atoms with E-state index in [4.69, 9.17) is 10.5 Å². The molecule has 1 fully saturated rings. The summed E-state index contributed by atoms with van der Waals surface area (Å²) in [6.07, 6.45) is 2.50. The fourth-order valence-corrected chi connectivity index (χ4v) is 3.13. The van der Waals surface area contributed by atoms with Crippen LogP contribution in [0.5, 0.6) is 5.75 Å². The van der Waals surface area contributed by atoms with Gasteiger partial charge in [-0.25, -0.2) is 0 Å². The van der Waals surface area contributed by atoms with Crippen molar-refractivity contribution in [1.29, 1.82) is 0 Å². The van der Waals surface area contributed by atoms with E-state index in [9.17, 15) is 0 Å². The van der Waals surface area contributed by atoms with Crippen LogP contribution in [0, 0.1) is 0 Å². The number of rotatable bonds is 5. The number of nitrogens with two attached hydrogens (primary N) is 1. The van der Waals surface area contributed by atoms with Crippen molar-refractivity contribution >= 4 is 0 Å². The fraction of sp³-hybridized carbons (Fsp3) is 0.625. The SMILES string of the molecule is CCOc1cccc(C(CN)N2CCCC2(C)C)c1. The summed E-state index contributed by atoms with van der Waals surface area (Å²) in [4.78, 5) is 2.54. The molecular formula is C16H26N2O. The number of hydrogen-bond donors (Lipinski definition) is 1. The van der Waals surface area contributed by atoms with Crippen molar-refractivity contribution in [3.63, 3.8) is 0 Å². The third kappa shape index (κ3) is 3.10. The lowest BCUT2D eigenvalue weighted by Crippen LogP contribution is -2.43. The number of ether oxygens (including phenoxy) is 1. The second-order valence-corrected chi connectivity index (χ2v) is 5.87. The highest BCUT2D eigenvalue weighted by Gasteiger charge is 2.36. The van der Waals surface area contributed by atoms with Gasteiger partial charge in [0.2, 0.25) is 0 Å². The zero-order valence-electron chi connectivity index (χ0n) is 12.4. The summed E-state index contributed by atoms with van der Waals surface area (Å²) in [6.45, 7) is 9.12. The zero-order chi connectivity index (χ0) is 13.9. The van der Waals surface area contributed by atoms with Gasteiger partial charge < -0.3 is 10.5 Å². The van der Waals surface area contributed by atoms with E-state index in [-0.39, 0.29) is 11.6 Å². The molecule has 1 unspecified atom stereocenters. The first-order valence-corrected chi connectivity index (χ1v) is 7.28. The highest BCUT2D eigenvalue weighted by atomic mass is 16.5. The Morgan fingerprint density at radius 2 is 2.21 bits per heavy atom. The standard InChI is InChI=1S/C16H26N2O/c1-4-19-14-8-5-7-13(11-14)15(12-17)18-10-6-9-16(18,2)3/h5,7-8,11,15H,4,6,9-10,12,17H2,1-3H3. The average molecular weight is 262 g/mol. The van der Waals surface area contributed by atoms with E-state index in [0.717, 1.165) is 12.3 Å². The lowest BCUT2D eigenvalue weighted by atomic mass is 9.97. The lowest BCUT2D eigenvalue weighted by molar-refractivity contribution is 0.119. The molecule has 2 N–H and O–H groups in total. The summed E-state index contributed by atoms with van der Waals surface area (Å²) >= 11 is 0. The van der Waals surface area contributed by atoms with E-state index < -0.39 is 0 Å². The maximum atomic E-state index is 6.05. The summed E-state index contributed by atoms with van der Waals surface area (Å²) in [5.74, 6) is 0.940. The topological polar surface area (TPSA) is 38.5 Å². The van der Waals surface area contributed by atoms with Crippen LogP contribution in [0.25, 0.3) is 0 Å². The Balaban J connectivity index is 2.24. The monoisotopic (exact) mass is 262 g/mol. The van der Waals surface area contributed by atoms with Crippen LogP contribution >= 0.6 is 0 Å². The third-order valence-corrected chi connectivity index (χ3v) is 4.12. The molecule has 0 bridgehead atoms. The highest BCUT2D eigenvalue weighted by molar-refractivity contribution is 5.31. The fourth-order valence-electron chi connectivity index (χ4n) is 3.13. The maximum Gasteiger partial charge on any atom is 0.119 e. The Kier molecular flexibility index (Phi) is 4.48. The Morgan fingerprint density at radius 1 is 1.42 bits per heavy atom. The predicted molar refractivity (Wildman–Crippen MR) is 79.4 cm³/mol. The van der Waals surface area contributed by atoms with Crippen LogP contribution in [0.2, 0.25) is 0 Å². The van der Waals surface area contributed by atoms with E-state index in [1.807, 2.05) is 13.0 Å². The molecule has 3 nitrogen and oxygen atoms in total. The molecule has 106 valence electrons. The van der Waals surface area contributed by atoms with E-state index in [1.165, 1.54) is 18.4 Å². The summed E-state index contributed by atoms with van der Waals surface area (Å²) in [5, 5.41) is 0. The molecule has 0 aromatic heterocycles. The van der Waals surface area contributed by atoms with Crippen molar-refractivity contribution < 1.29 is 4.74 Å². The maximum absolute atomic E-state index is 6.05. The third-order valence-electron chi connectivity index (χ3n) is 4.12. The molecule has 1 atom stereocenters. The van der Waals surface area contributed by atoms with Gasteiger partial charge in [0.05, 0.1) is 6.61 Å². The molecule has 0 saturated carbocycles. The molecular weight excluding hydrogens is 236 g/mol. The van der Waals surface area contributed by atoms with Crippen LogP contribution in [0.3, 0.4) is 0 Å². The van der Waals surface area contributed by atoms with Crippen LogP contribution in [-0.2, 0) is 0 Å². The first-order valence-electron chi connectivity index (χ1n) is 7.28. The minimum Gasteiger partial charge on any atom is -0.494 e. The molecule has 1 saturated heterocycles. The quantitative estimate of drug-likeness (QED) is 0.886. The number of likely N-dealkylation sites (tertiary alicyclic amines) is 1. The van der Waals surface area contributed by atoms with Gasteiger partial charge in [0.15, 0.2) is 0 Å². The summed E-state index contributed by atoms with van der Waals surface area (Å²) in [6, 6.07) is 8.66. The van der Waals surface area contributed by atoms with E-state index in [0.29, 0.717) is 13.2 Å². The van der Waals surface area contributed by atoms with Crippen LogP contribution in [0.4, 0.5) is 0 Å². The highest BCUT2D eigenvalue weighted by Crippen LogP contribution is 2.36. The van der Waals surface area contributed by atoms with Gasteiger partial charge in [-0.2, -0.15) is 0 Å². The van der Waals surface area contributed by atoms with Crippen molar-refractivity contribution in [2.24, 2.45) is 5.73 Å². The number of nitrogens with zero attached hydrogens (tertiary/aromatic N) is 1. The molecule has 2 rings (SSSR count). The van der Waals surface area contributed by atoms with Crippen LogP contribution in [0.1, 0.15) is 45.2 Å². The molecule has 1 aliphatic rings. The van der Waals surface area contributed by atoms with Crippen LogP contribution in [-0.4, -0.2) is 30.1 Å². The van der Waals surface area contributed by atoms with Crippen molar-refractivity contribution in [3.05, 3.63) is 29.8 Å². The molecule has 3 heteroatoms. The Morgan fingerprint density at radius 3 is 2.79 bits per heavy atom. The molecule has 1 aromatic carbocycles. The molecule has 1 aliphatic heterocycles. The Hall–Kier alpha value is -1.06. The number of hydrogen-bond acceptors (Lipinski definition) is 3. The second kappa shape index (κ2) is 5.93. The van der Waals surface area contributed by atoms with Crippen LogP contribution in [0.15, 0.2) is 24.3 Å². The predicted octanol–water partition coefficient (Wildman–Crippen LogP) is 2.96. The van der Waals surface area contributed by atoms with E-state index >= 15 is 0 Å². The van der Waals surface area contributed by atoms with Gasteiger partial charge in [-0.15, -0.1) is 0 Å². The smallest absolute Gasteiger partial charge is 0.119 e. The van der Waals surface area contributed by atoms with E-state index in [1.54, 1.807) is 0 Å². The van der Waals surface area contributed by atoms with Gasteiger partial charge in [0, 0.05) is 18.1 Å². The molecule has 19 heavy (non-hydrogen) atoms.